The van der Waals surface area contributed by atoms with Crippen molar-refractivity contribution in [1.82, 2.24) is 9.80 Å². The standard InChI is InChI=1S/C25H32N2O3/c1-25(2,3)30-24(29)26-15-13-22(14-16-26)27(21-9-6-10-21)23(28)20-12-11-18-7-4-5-8-19(18)17-20/h4-5,7-8,11-12,17,21-22H,6,9-10,13-16H2,1-3H3. The van der Waals surface area contributed by atoms with Gasteiger partial charge < -0.3 is 14.5 Å². The van der Waals surface area contributed by atoms with E-state index in [1.54, 1.807) is 4.90 Å². The summed E-state index contributed by atoms with van der Waals surface area (Å²) in [6.07, 6.45) is 4.68. The second-order valence-corrected chi connectivity index (χ2v) is 9.56. The normalized spacial score (nSPS) is 18.2. The molecule has 0 bridgehead atoms. The molecule has 0 spiro atoms. The van der Waals surface area contributed by atoms with Crippen LogP contribution in [0.2, 0.25) is 0 Å². The molecule has 0 radical (unpaired) electrons. The summed E-state index contributed by atoms with van der Waals surface area (Å²) < 4.78 is 5.52. The molecule has 5 nitrogen and oxygen atoms in total. The maximum Gasteiger partial charge on any atom is 0.410 e. The largest absolute Gasteiger partial charge is 0.444 e. The van der Waals surface area contributed by atoms with Gasteiger partial charge in [-0.1, -0.05) is 30.3 Å². The molecule has 0 atom stereocenters. The molecule has 5 heteroatoms. The average molecular weight is 409 g/mol. The van der Waals surface area contributed by atoms with Gasteiger partial charge in [0, 0.05) is 30.7 Å². The second kappa shape index (κ2) is 8.29. The summed E-state index contributed by atoms with van der Waals surface area (Å²) in [4.78, 5) is 29.8. The molecule has 2 fully saturated rings. The summed E-state index contributed by atoms with van der Waals surface area (Å²) in [7, 11) is 0. The SMILES string of the molecule is CC(C)(C)OC(=O)N1CCC(N(C(=O)c2ccc3ccccc3c2)C2CCC2)CC1. The number of nitrogens with zero attached hydrogens (tertiary/aromatic N) is 2. The van der Waals surface area contributed by atoms with Crippen molar-refractivity contribution in [2.24, 2.45) is 0 Å². The first kappa shape index (κ1) is 20.7. The van der Waals surface area contributed by atoms with Crippen LogP contribution >= 0.6 is 0 Å². The monoisotopic (exact) mass is 408 g/mol. The summed E-state index contributed by atoms with van der Waals surface area (Å²) >= 11 is 0. The van der Waals surface area contributed by atoms with E-state index in [-0.39, 0.29) is 18.0 Å². The molecular formula is C25H32N2O3. The van der Waals surface area contributed by atoms with Gasteiger partial charge in [0.05, 0.1) is 0 Å². The molecule has 0 N–H and O–H groups in total. The molecule has 2 aromatic rings. The van der Waals surface area contributed by atoms with Gasteiger partial charge in [-0.3, -0.25) is 4.79 Å². The van der Waals surface area contributed by atoms with Crippen LogP contribution in [0.1, 0.15) is 63.2 Å². The third kappa shape index (κ3) is 4.45. The lowest BCUT2D eigenvalue weighted by Crippen LogP contribution is -2.54. The first-order valence-electron chi connectivity index (χ1n) is 11.1. The van der Waals surface area contributed by atoms with Crippen molar-refractivity contribution in [3.05, 3.63) is 48.0 Å². The van der Waals surface area contributed by atoms with Crippen molar-refractivity contribution in [3.8, 4) is 0 Å². The molecular weight excluding hydrogens is 376 g/mol. The lowest BCUT2D eigenvalue weighted by molar-refractivity contribution is 0.00701. The summed E-state index contributed by atoms with van der Waals surface area (Å²) in [6, 6.07) is 14.6. The highest BCUT2D eigenvalue weighted by molar-refractivity contribution is 5.99. The molecule has 1 saturated carbocycles. The smallest absolute Gasteiger partial charge is 0.410 e. The number of hydrogen-bond donors (Lipinski definition) is 0. The Labute approximate surface area is 179 Å². The molecule has 1 aliphatic carbocycles. The minimum absolute atomic E-state index is 0.126. The fraction of sp³-hybridized carbons (Fsp3) is 0.520. The van der Waals surface area contributed by atoms with Crippen LogP contribution in [-0.4, -0.2) is 52.6 Å². The van der Waals surface area contributed by atoms with Crippen molar-refractivity contribution in [1.29, 1.82) is 0 Å². The van der Waals surface area contributed by atoms with Crippen LogP contribution in [0.25, 0.3) is 10.8 Å². The number of ether oxygens (including phenoxy) is 1. The number of carbonyl (C=O) groups is 2. The molecule has 0 unspecified atom stereocenters. The van der Waals surface area contributed by atoms with Gasteiger partial charge in [-0.25, -0.2) is 4.79 Å². The van der Waals surface area contributed by atoms with E-state index >= 15 is 0 Å². The quantitative estimate of drug-likeness (QED) is 0.698. The van der Waals surface area contributed by atoms with Crippen LogP contribution in [0.5, 0.6) is 0 Å². The Morgan fingerprint density at radius 2 is 1.57 bits per heavy atom. The van der Waals surface area contributed by atoms with Gasteiger partial charge in [0.1, 0.15) is 5.60 Å². The molecule has 30 heavy (non-hydrogen) atoms. The molecule has 2 aliphatic rings. The maximum absolute atomic E-state index is 13.5. The van der Waals surface area contributed by atoms with Gasteiger partial charge in [-0.2, -0.15) is 0 Å². The molecule has 0 aromatic heterocycles. The summed E-state index contributed by atoms with van der Waals surface area (Å²) in [6.45, 7) is 6.93. The Morgan fingerprint density at radius 3 is 2.17 bits per heavy atom. The fourth-order valence-corrected chi connectivity index (χ4v) is 4.42. The highest BCUT2D eigenvalue weighted by Gasteiger charge is 2.37. The molecule has 160 valence electrons. The zero-order chi connectivity index (χ0) is 21.3. The van der Waals surface area contributed by atoms with Crippen molar-refractivity contribution in [2.75, 3.05) is 13.1 Å². The lowest BCUT2D eigenvalue weighted by Gasteiger charge is -2.45. The van der Waals surface area contributed by atoms with Crippen LogP contribution in [0.3, 0.4) is 0 Å². The van der Waals surface area contributed by atoms with Crippen LogP contribution in [0, 0.1) is 0 Å². The molecule has 2 aromatic carbocycles. The molecule has 1 saturated heterocycles. The van der Waals surface area contributed by atoms with Crippen LogP contribution in [0.15, 0.2) is 42.5 Å². The summed E-state index contributed by atoms with van der Waals surface area (Å²) in [5, 5.41) is 2.24. The van der Waals surface area contributed by atoms with Gasteiger partial charge in [0.15, 0.2) is 0 Å². The van der Waals surface area contributed by atoms with E-state index < -0.39 is 5.60 Å². The van der Waals surface area contributed by atoms with Crippen molar-refractivity contribution in [3.63, 3.8) is 0 Å². The van der Waals surface area contributed by atoms with E-state index in [0.29, 0.717) is 19.1 Å². The van der Waals surface area contributed by atoms with Gasteiger partial charge in [0.2, 0.25) is 0 Å². The number of amides is 2. The third-order valence-electron chi connectivity index (χ3n) is 6.21. The number of hydrogen-bond acceptors (Lipinski definition) is 3. The first-order valence-corrected chi connectivity index (χ1v) is 11.1. The number of piperidine rings is 1. The number of carbonyl (C=O) groups excluding carboxylic acids is 2. The minimum atomic E-state index is -0.488. The molecule has 4 rings (SSSR count). The zero-order valence-corrected chi connectivity index (χ0v) is 18.3. The van der Waals surface area contributed by atoms with Crippen molar-refractivity contribution >= 4 is 22.8 Å². The van der Waals surface area contributed by atoms with Gasteiger partial charge >= 0.3 is 6.09 Å². The van der Waals surface area contributed by atoms with Crippen LogP contribution in [0.4, 0.5) is 4.79 Å². The Balaban J connectivity index is 1.48. The minimum Gasteiger partial charge on any atom is -0.444 e. The Morgan fingerprint density at radius 1 is 0.933 bits per heavy atom. The van der Waals surface area contributed by atoms with Gasteiger partial charge in [0.25, 0.3) is 5.91 Å². The predicted molar refractivity (Wildman–Crippen MR) is 119 cm³/mol. The van der Waals surface area contributed by atoms with E-state index in [0.717, 1.165) is 42.0 Å². The first-order chi connectivity index (χ1) is 14.3. The van der Waals surface area contributed by atoms with Gasteiger partial charge in [-0.15, -0.1) is 0 Å². The van der Waals surface area contributed by atoms with Gasteiger partial charge in [-0.05, 0) is 75.8 Å². The van der Waals surface area contributed by atoms with E-state index in [9.17, 15) is 9.59 Å². The number of likely N-dealkylation sites (tertiary alicyclic amines) is 1. The van der Waals surface area contributed by atoms with Crippen LogP contribution in [-0.2, 0) is 4.74 Å². The average Bonchev–Trinajstić information content (AvgIpc) is 2.68. The van der Waals surface area contributed by atoms with E-state index in [1.165, 1.54) is 6.42 Å². The molecule has 1 aliphatic heterocycles. The van der Waals surface area contributed by atoms with E-state index in [4.69, 9.17) is 4.74 Å². The van der Waals surface area contributed by atoms with E-state index in [1.807, 2.05) is 51.1 Å². The number of rotatable bonds is 3. The maximum atomic E-state index is 13.5. The summed E-state index contributed by atoms with van der Waals surface area (Å²) in [5.74, 6) is 0.126. The number of fused-ring (bicyclic) bond motifs is 1. The highest BCUT2D eigenvalue weighted by atomic mass is 16.6. The number of benzene rings is 2. The third-order valence-corrected chi connectivity index (χ3v) is 6.21. The Hall–Kier alpha value is -2.56. The second-order valence-electron chi connectivity index (χ2n) is 9.56. The molecule has 2 amide bonds. The zero-order valence-electron chi connectivity index (χ0n) is 18.3. The Bertz CT molecular complexity index is 921. The molecule has 1 heterocycles. The van der Waals surface area contributed by atoms with Crippen molar-refractivity contribution in [2.45, 2.75) is 70.6 Å². The summed E-state index contributed by atoms with van der Waals surface area (Å²) in [5.41, 5.74) is 0.271. The highest BCUT2D eigenvalue weighted by Crippen LogP contribution is 2.32. The van der Waals surface area contributed by atoms with Crippen molar-refractivity contribution < 1.29 is 14.3 Å². The lowest BCUT2D eigenvalue weighted by atomic mass is 9.87. The predicted octanol–water partition coefficient (Wildman–Crippen LogP) is 5.23. The topological polar surface area (TPSA) is 49.9 Å². The van der Waals surface area contributed by atoms with Crippen LogP contribution < -0.4 is 0 Å². The Kier molecular flexibility index (Phi) is 5.72. The van der Waals surface area contributed by atoms with E-state index in [2.05, 4.69) is 17.0 Å². The fourth-order valence-electron chi connectivity index (χ4n) is 4.42.